The third kappa shape index (κ3) is 3.32. The second-order valence-electron chi connectivity index (χ2n) is 3.22. The van der Waals surface area contributed by atoms with Crippen LogP contribution in [0.4, 0.5) is 5.69 Å². The van der Waals surface area contributed by atoms with Crippen molar-refractivity contribution in [1.29, 1.82) is 0 Å². The molecule has 0 saturated heterocycles. The number of methoxy groups -OCH3 is 1. The summed E-state index contributed by atoms with van der Waals surface area (Å²) in [5, 5.41) is 3.28. The van der Waals surface area contributed by atoms with Crippen molar-refractivity contribution < 1.29 is 4.74 Å². The van der Waals surface area contributed by atoms with Gasteiger partial charge in [-0.1, -0.05) is 0 Å². The number of hydrogen-bond donors (Lipinski definition) is 2. The Kier molecular flexibility index (Phi) is 4.35. The first kappa shape index (κ1) is 10.9. The van der Waals surface area contributed by atoms with E-state index in [0.29, 0.717) is 13.2 Å². The summed E-state index contributed by atoms with van der Waals surface area (Å²) < 4.78 is 5.04. The maximum Gasteiger partial charge on any atom is 0.0676 e. The van der Waals surface area contributed by atoms with Crippen LogP contribution < -0.4 is 11.1 Å². The van der Waals surface area contributed by atoms with Gasteiger partial charge in [0.2, 0.25) is 0 Å². The third-order valence-corrected chi connectivity index (χ3v) is 1.92. The molecule has 0 radical (unpaired) electrons. The highest BCUT2D eigenvalue weighted by atomic mass is 16.5. The normalized spacial score (nSPS) is 12.5. The summed E-state index contributed by atoms with van der Waals surface area (Å²) in [5.74, 6) is 0. The molecule has 1 aromatic heterocycles. The fourth-order valence-electron chi connectivity index (χ4n) is 1.24. The first-order chi connectivity index (χ1) is 6.76. The molecule has 1 rings (SSSR count). The molecule has 0 aliphatic carbocycles. The van der Waals surface area contributed by atoms with Crippen molar-refractivity contribution in [2.75, 3.05) is 25.6 Å². The van der Waals surface area contributed by atoms with E-state index in [-0.39, 0.29) is 6.04 Å². The van der Waals surface area contributed by atoms with Gasteiger partial charge in [0, 0.05) is 31.2 Å². The van der Waals surface area contributed by atoms with Crippen LogP contribution in [-0.2, 0) is 4.74 Å². The number of hydrogen-bond acceptors (Lipinski definition) is 4. The van der Waals surface area contributed by atoms with Gasteiger partial charge >= 0.3 is 0 Å². The van der Waals surface area contributed by atoms with Crippen LogP contribution in [0.3, 0.4) is 0 Å². The number of nitrogens with two attached hydrogens (primary N) is 1. The molecule has 0 spiro atoms. The molecule has 1 unspecified atom stereocenters. The van der Waals surface area contributed by atoms with E-state index < -0.39 is 0 Å². The van der Waals surface area contributed by atoms with Crippen LogP contribution in [0.2, 0.25) is 0 Å². The smallest absolute Gasteiger partial charge is 0.0676 e. The number of anilines is 1. The second-order valence-corrected chi connectivity index (χ2v) is 3.22. The van der Waals surface area contributed by atoms with Crippen molar-refractivity contribution in [1.82, 2.24) is 4.98 Å². The van der Waals surface area contributed by atoms with E-state index in [1.165, 1.54) is 0 Å². The average Bonchev–Trinajstić information content (AvgIpc) is 2.17. The highest BCUT2D eigenvalue weighted by Crippen LogP contribution is 2.08. The first-order valence-corrected chi connectivity index (χ1v) is 4.64. The number of pyridine rings is 1. The van der Waals surface area contributed by atoms with E-state index in [4.69, 9.17) is 10.5 Å². The van der Waals surface area contributed by atoms with Crippen LogP contribution in [0.25, 0.3) is 0 Å². The van der Waals surface area contributed by atoms with Gasteiger partial charge in [0.1, 0.15) is 0 Å². The summed E-state index contributed by atoms with van der Waals surface area (Å²) in [4.78, 5) is 4.12. The van der Waals surface area contributed by atoms with E-state index in [9.17, 15) is 0 Å². The SMILES string of the molecule is COCC(CN)Nc1ccnc(C)c1. The quantitative estimate of drug-likeness (QED) is 0.728. The van der Waals surface area contributed by atoms with Crippen LogP contribution in [0.5, 0.6) is 0 Å². The summed E-state index contributed by atoms with van der Waals surface area (Å²) in [6, 6.07) is 4.06. The lowest BCUT2D eigenvalue weighted by molar-refractivity contribution is 0.187. The Labute approximate surface area is 84.5 Å². The Balaban J connectivity index is 2.57. The lowest BCUT2D eigenvalue weighted by Crippen LogP contribution is -2.33. The lowest BCUT2D eigenvalue weighted by atomic mass is 10.2. The Hall–Kier alpha value is -1.13. The average molecular weight is 195 g/mol. The van der Waals surface area contributed by atoms with Crippen molar-refractivity contribution >= 4 is 5.69 Å². The topological polar surface area (TPSA) is 60.2 Å². The predicted molar refractivity (Wildman–Crippen MR) is 57.3 cm³/mol. The standard InChI is InChI=1S/C10H17N3O/c1-8-5-9(3-4-12-8)13-10(6-11)7-14-2/h3-5,10H,6-7,11H2,1-2H3,(H,12,13). The van der Waals surface area contributed by atoms with Crippen molar-refractivity contribution in [3.63, 3.8) is 0 Å². The molecular weight excluding hydrogens is 178 g/mol. The van der Waals surface area contributed by atoms with Gasteiger partial charge in [0.05, 0.1) is 12.6 Å². The van der Waals surface area contributed by atoms with E-state index in [1.807, 2.05) is 19.1 Å². The van der Waals surface area contributed by atoms with Crippen LogP contribution in [0.1, 0.15) is 5.69 Å². The minimum absolute atomic E-state index is 0.154. The molecule has 0 fully saturated rings. The molecule has 0 aliphatic heterocycles. The predicted octanol–water partition coefficient (Wildman–Crippen LogP) is 0.776. The third-order valence-electron chi connectivity index (χ3n) is 1.92. The van der Waals surface area contributed by atoms with Crippen LogP contribution in [0, 0.1) is 6.92 Å². The van der Waals surface area contributed by atoms with Gasteiger partial charge in [-0.25, -0.2) is 0 Å². The molecule has 3 N–H and O–H groups in total. The van der Waals surface area contributed by atoms with Gasteiger partial charge in [-0.3, -0.25) is 4.98 Å². The minimum Gasteiger partial charge on any atom is -0.383 e. The van der Waals surface area contributed by atoms with Gasteiger partial charge in [-0.05, 0) is 19.1 Å². The summed E-state index contributed by atoms with van der Waals surface area (Å²) >= 11 is 0. The lowest BCUT2D eigenvalue weighted by Gasteiger charge is -2.17. The number of aryl methyl sites for hydroxylation is 1. The maximum absolute atomic E-state index is 5.59. The minimum atomic E-state index is 0.154. The number of ether oxygens (including phenoxy) is 1. The maximum atomic E-state index is 5.59. The molecule has 1 aromatic rings. The monoisotopic (exact) mass is 195 g/mol. The van der Waals surface area contributed by atoms with Gasteiger partial charge < -0.3 is 15.8 Å². The van der Waals surface area contributed by atoms with Gasteiger partial charge in [-0.2, -0.15) is 0 Å². The van der Waals surface area contributed by atoms with Crippen molar-refractivity contribution in [3.8, 4) is 0 Å². The van der Waals surface area contributed by atoms with Crippen molar-refractivity contribution in [2.24, 2.45) is 5.73 Å². The fourth-order valence-corrected chi connectivity index (χ4v) is 1.24. The number of rotatable bonds is 5. The molecule has 0 bridgehead atoms. The van der Waals surface area contributed by atoms with E-state index in [2.05, 4.69) is 10.3 Å². The van der Waals surface area contributed by atoms with Crippen molar-refractivity contribution in [3.05, 3.63) is 24.0 Å². The van der Waals surface area contributed by atoms with Gasteiger partial charge in [0.15, 0.2) is 0 Å². The molecule has 78 valence electrons. The zero-order valence-electron chi connectivity index (χ0n) is 8.66. The van der Waals surface area contributed by atoms with Gasteiger partial charge in [0.25, 0.3) is 0 Å². The molecule has 4 nitrogen and oxygen atoms in total. The molecule has 0 aliphatic rings. The highest BCUT2D eigenvalue weighted by Gasteiger charge is 2.05. The van der Waals surface area contributed by atoms with Crippen LogP contribution >= 0.6 is 0 Å². The molecule has 0 aromatic carbocycles. The molecule has 1 heterocycles. The van der Waals surface area contributed by atoms with Crippen LogP contribution in [0.15, 0.2) is 18.3 Å². The van der Waals surface area contributed by atoms with Crippen molar-refractivity contribution in [2.45, 2.75) is 13.0 Å². The molecule has 0 saturated carbocycles. The summed E-state index contributed by atoms with van der Waals surface area (Å²) in [5.41, 5.74) is 7.61. The first-order valence-electron chi connectivity index (χ1n) is 4.64. The Morgan fingerprint density at radius 2 is 2.43 bits per heavy atom. The zero-order valence-corrected chi connectivity index (χ0v) is 8.66. The number of nitrogens with one attached hydrogen (secondary N) is 1. The van der Waals surface area contributed by atoms with Gasteiger partial charge in [-0.15, -0.1) is 0 Å². The Morgan fingerprint density at radius 3 is 3.00 bits per heavy atom. The Bertz CT molecular complexity index is 278. The Morgan fingerprint density at radius 1 is 1.64 bits per heavy atom. The molecular formula is C10H17N3O. The molecule has 4 heteroatoms. The molecule has 1 atom stereocenters. The highest BCUT2D eigenvalue weighted by molar-refractivity contribution is 5.43. The molecule has 0 amide bonds. The summed E-state index contributed by atoms with van der Waals surface area (Å²) in [7, 11) is 1.67. The van der Waals surface area contributed by atoms with Crippen LogP contribution in [-0.4, -0.2) is 31.3 Å². The molecule has 14 heavy (non-hydrogen) atoms. The largest absolute Gasteiger partial charge is 0.383 e. The number of aromatic nitrogens is 1. The van der Waals surface area contributed by atoms with E-state index in [0.717, 1.165) is 11.4 Å². The van der Waals surface area contributed by atoms with E-state index >= 15 is 0 Å². The second kappa shape index (κ2) is 5.57. The number of nitrogens with zero attached hydrogens (tertiary/aromatic N) is 1. The summed E-state index contributed by atoms with van der Waals surface area (Å²) in [6.45, 7) is 3.12. The summed E-state index contributed by atoms with van der Waals surface area (Å²) in [6.07, 6.45) is 1.78. The fraction of sp³-hybridized carbons (Fsp3) is 0.500. The zero-order chi connectivity index (χ0) is 10.4. The van der Waals surface area contributed by atoms with E-state index in [1.54, 1.807) is 13.3 Å².